The zero-order valence-electron chi connectivity index (χ0n) is 9.01. The average molecular weight is 266 g/mol. The first-order valence-electron chi connectivity index (χ1n) is 4.81. The van der Waals surface area contributed by atoms with Crippen molar-refractivity contribution in [3.05, 3.63) is 36.0 Å². The summed E-state index contributed by atoms with van der Waals surface area (Å²) in [6, 6.07) is 9.44. The lowest BCUT2D eigenvalue weighted by atomic mass is 10.3. The molecule has 0 bridgehead atoms. The van der Waals surface area contributed by atoms with Crippen LogP contribution in [0.5, 0.6) is 0 Å². The molecule has 0 saturated heterocycles. The Morgan fingerprint density at radius 3 is 2.71 bits per heavy atom. The monoisotopic (exact) mass is 266 g/mol. The highest BCUT2D eigenvalue weighted by atomic mass is 32.2. The van der Waals surface area contributed by atoms with E-state index in [9.17, 15) is 4.79 Å². The molecule has 0 aliphatic carbocycles. The molecule has 2 rings (SSSR count). The average Bonchev–Trinajstić information content (AvgIpc) is 2.74. The number of nitrogens with one attached hydrogen (secondary N) is 1. The lowest BCUT2D eigenvalue weighted by molar-refractivity contribution is 0.0692. The Morgan fingerprint density at radius 1 is 1.41 bits per heavy atom. The molecule has 0 amide bonds. The number of aromatic carboxylic acids is 1. The zero-order chi connectivity index (χ0) is 12.3. The van der Waals surface area contributed by atoms with Crippen LogP contribution in [0, 0.1) is 0 Å². The van der Waals surface area contributed by atoms with E-state index in [-0.39, 0.29) is 5.69 Å². The third-order valence-corrected chi connectivity index (χ3v) is 3.97. The molecule has 0 radical (unpaired) electrons. The summed E-state index contributed by atoms with van der Waals surface area (Å²) in [6.07, 6.45) is 1.87. The van der Waals surface area contributed by atoms with E-state index in [1.807, 2.05) is 36.6 Å². The van der Waals surface area contributed by atoms with Gasteiger partial charge in [-0.15, -0.1) is 0 Å². The fraction of sp³-hybridized carbons (Fsp3) is 0.0909. The Balaban J connectivity index is 2.31. The number of hydrogen-bond donors (Lipinski definition) is 2. The Labute approximate surface area is 107 Å². The molecule has 0 spiro atoms. The molecule has 4 nitrogen and oxygen atoms in total. The number of para-hydroxylation sites is 1. The molecule has 0 atom stereocenters. The van der Waals surface area contributed by atoms with Gasteiger partial charge in [-0.1, -0.05) is 41.3 Å². The van der Waals surface area contributed by atoms with E-state index in [1.165, 1.54) is 23.1 Å². The Bertz CT molecular complexity index is 526. The van der Waals surface area contributed by atoms with Crippen LogP contribution >= 0.6 is 23.1 Å². The summed E-state index contributed by atoms with van der Waals surface area (Å²) < 4.78 is 0.737. The van der Waals surface area contributed by atoms with Crippen molar-refractivity contribution in [2.45, 2.75) is 4.34 Å². The number of carboxylic acids is 1. The van der Waals surface area contributed by atoms with Gasteiger partial charge >= 0.3 is 5.97 Å². The Morgan fingerprint density at radius 2 is 2.12 bits per heavy atom. The smallest absolute Gasteiger partial charge is 0.357 e. The zero-order valence-corrected chi connectivity index (χ0v) is 10.6. The molecule has 1 heterocycles. The highest BCUT2D eigenvalue weighted by molar-refractivity contribution is 8.00. The summed E-state index contributed by atoms with van der Waals surface area (Å²) in [6.45, 7) is 0. The van der Waals surface area contributed by atoms with Gasteiger partial charge in [-0.05, 0) is 18.4 Å². The maximum absolute atomic E-state index is 11.0. The van der Waals surface area contributed by atoms with Crippen molar-refractivity contribution in [3.8, 4) is 0 Å². The van der Waals surface area contributed by atoms with Gasteiger partial charge in [0.05, 0.1) is 0 Å². The highest BCUT2D eigenvalue weighted by Crippen LogP contribution is 2.32. The van der Waals surface area contributed by atoms with Crippen LogP contribution in [0.2, 0.25) is 0 Å². The van der Waals surface area contributed by atoms with Gasteiger partial charge < -0.3 is 10.4 Å². The van der Waals surface area contributed by atoms with Crippen LogP contribution in [-0.2, 0) is 0 Å². The van der Waals surface area contributed by atoms with Crippen molar-refractivity contribution in [2.75, 3.05) is 11.6 Å². The topological polar surface area (TPSA) is 62.2 Å². The molecule has 1 aromatic heterocycles. The number of anilines is 2. The number of hydrogen-bond acceptors (Lipinski definition) is 5. The second-order valence-electron chi connectivity index (χ2n) is 3.16. The quantitative estimate of drug-likeness (QED) is 0.831. The number of thiazole rings is 1. The van der Waals surface area contributed by atoms with Gasteiger partial charge in [-0.2, -0.15) is 0 Å². The molecule has 1 aromatic carbocycles. The summed E-state index contributed by atoms with van der Waals surface area (Å²) in [4.78, 5) is 15.1. The van der Waals surface area contributed by atoms with E-state index in [4.69, 9.17) is 5.11 Å². The molecule has 0 aliphatic heterocycles. The van der Waals surface area contributed by atoms with Crippen LogP contribution in [0.3, 0.4) is 0 Å². The van der Waals surface area contributed by atoms with Crippen LogP contribution < -0.4 is 5.32 Å². The van der Waals surface area contributed by atoms with Crippen LogP contribution in [0.4, 0.5) is 10.7 Å². The van der Waals surface area contributed by atoms with Crippen molar-refractivity contribution in [3.63, 3.8) is 0 Å². The summed E-state index contributed by atoms with van der Waals surface area (Å²) in [7, 11) is 0. The lowest BCUT2D eigenvalue weighted by Crippen LogP contribution is -2.01. The van der Waals surface area contributed by atoms with E-state index >= 15 is 0 Å². The largest absolute Gasteiger partial charge is 0.476 e. The molecular formula is C11H10N2O2S2. The number of benzene rings is 1. The minimum atomic E-state index is -1.01. The molecule has 88 valence electrons. The van der Waals surface area contributed by atoms with E-state index in [0.29, 0.717) is 5.00 Å². The predicted octanol–water partition coefficient (Wildman–Crippen LogP) is 3.31. The first kappa shape index (κ1) is 11.9. The van der Waals surface area contributed by atoms with Gasteiger partial charge in [0.2, 0.25) is 0 Å². The number of aromatic nitrogens is 1. The first-order valence-corrected chi connectivity index (χ1v) is 6.85. The van der Waals surface area contributed by atoms with E-state index < -0.39 is 5.97 Å². The minimum Gasteiger partial charge on any atom is -0.476 e. The second-order valence-corrected chi connectivity index (χ2v) is 5.21. The van der Waals surface area contributed by atoms with Crippen molar-refractivity contribution < 1.29 is 9.90 Å². The second kappa shape index (κ2) is 5.20. The molecule has 0 fully saturated rings. The van der Waals surface area contributed by atoms with Gasteiger partial charge in [-0.25, -0.2) is 9.78 Å². The number of rotatable bonds is 4. The molecule has 17 heavy (non-hydrogen) atoms. The molecule has 0 unspecified atom stereocenters. The minimum absolute atomic E-state index is 0.0724. The van der Waals surface area contributed by atoms with Crippen LogP contribution in [0.1, 0.15) is 10.5 Å². The summed E-state index contributed by atoms with van der Waals surface area (Å²) >= 11 is 2.78. The molecular weight excluding hydrogens is 256 g/mol. The van der Waals surface area contributed by atoms with Gasteiger partial charge in [0, 0.05) is 5.69 Å². The van der Waals surface area contributed by atoms with E-state index in [2.05, 4.69) is 10.3 Å². The van der Waals surface area contributed by atoms with E-state index in [0.717, 1.165) is 10.0 Å². The van der Waals surface area contributed by atoms with Crippen LogP contribution in [0.15, 0.2) is 34.7 Å². The van der Waals surface area contributed by atoms with Crippen molar-refractivity contribution in [1.29, 1.82) is 0 Å². The lowest BCUT2D eigenvalue weighted by Gasteiger charge is -2.02. The maximum Gasteiger partial charge on any atom is 0.357 e. The third kappa shape index (κ3) is 2.78. The fourth-order valence-corrected chi connectivity index (χ4v) is 2.75. The summed E-state index contributed by atoms with van der Waals surface area (Å²) in [5.41, 5.74) is 0.925. The maximum atomic E-state index is 11.0. The van der Waals surface area contributed by atoms with Gasteiger partial charge in [0.25, 0.3) is 0 Å². The Kier molecular flexibility index (Phi) is 3.65. The van der Waals surface area contributed by atoms with Gasteiger partial charge in [0.15, 0.2) is 10.0 Å². The van der Waals surface area contributed by atoms with Crippen molar-refractivity contribution in [1.82, 2.24) is 4.98 Å². The molecule has 2 N–H and O–H groups in total. The summed E-state index contributed by atoms with van der Waals surface area (Å²) in [5.74, 6) is -1.01. The number of nitrogens with zero attached hydrogens (tertiary/aromatic N) is 1. The summed E-state index contributed by atoms with van der Waals surface area (Å²) in [5, 5.41) is 12.7. The van der Waals surface area contributed by atoms with Gasteiger partial charge in [-0.3, -0.25) is 0 Å². The molecule has 2 aromatic rings. The standard InChI is InChI=1S/C11H10N2O2S2/c1-16-11-13-8(10(14)15)9(17-11)12-7-5-3-2-4-6-7/h2-6,12H,1H3,(H,14,15). The number of carboxylic acid groups (broad SMARTS) is 1. The van der Waals surface area contributed by atoms with Crippen LogP contribution in [0.25, 0.3) is 0 Å². The normalized spacial score (nSPS) is 10.2. The molecule has 6 heteroatoms. The van der Waals surface area contributed by atoms with Crippen molar-refractivity contribution >= 4 is 39.8 Å². The third-order valence-electron chi connectivity index (χ3n) is 2.02. The molecule has 0 aliphatic rings. The molecule has 0 saturated carbocycles. The van der Waals surface area contributed by atoms with E-state index in [1.54, 1.807) is 0 Å². The van der Waals surface area contributed by atoms with Gasteiger partial charge in [0.1, 0.15) is 5.00 Å². The van der Waals surface area contributed by atoms with Crippen molar-refractivity contribution in [2.24, 2.45) is 0 Å². The first-order chi connectivity index (χ1) is 8.20. The van der Waals surface area contributed by atoms with Crippen LogP contribution in [-0.4, -0.2) is 22.3 Å². The number of thioether (sulfide) groups is 1. The SMILES string of the molecule is CSc1nc(C(=O)O)c(Nc2ccccc2)s1. The predicted molar refractivity (Wildman–Crippen MR) is 70.6 cm³/mol. The highest BCUT2D eigenvalue weighted by Gasteiger charge is 2.17. The number of carbonyl (C=O) groups is 1. The Hall–Kier alpha value is -1.53. The fourth-order valence-electron chi connectivity index (χ4n) is 1.27.